The maximum Gasteiger partial charge on any atom is 0.236 e. The molecule has 0 saturated carbocycles. The summed E-state index contributed by atoms with van der Waals surface area (Å²) in [6, 6.07) is 0. The van der Waals surface area contributed by atoms with Crippen LogP contribution in [0.25, 0.3) is 0 Å². The molecule has 1 heterocycles. The molecule has 0 atom stereocenters. The van der Waals surface area contributed by atoms with Gasteiger partial charge in [0.1, 0.15) is 5.82 Å². The van der Waals surface area contributed by atoms with Crippen molar-refractivity contribution < 1.29 is 4.79 Å². The molecule has 0 unspecified atom stereocenters. The number of nitrogens with zero attached hydrogens (tertiary/aromatic N) is 2. The van der Waals surface area contributed by atoms with Crippen LogP contribution < -0.4 is 16.4 Å². The van der Waals surface area contributed by atoms with Crippen molar-refractivity contribution in [3.05, 3.63) is 16.2 Å². The molecule has 5 nitrogen and oxygen atoms in total. The van der Waals surface area contributed by atoms with E-state index in [1.165, 1.54) is 0 Å². The van der Waals surface area contributed by atoms with Gasteiger partial charge in [-0.2, -0.15) is 0 Å². The average molecular weight is 315 g/mol. The second kappa shape index (κ2) is 6.58. The molecule has 0 bridgehead atoms. The Morgan fingerprint density at radius 2 is 2.22 bits per heavy atom. The molecule has 1 aromatic rings. The molecular weight excluding hydrogens is 296 g/mol. The van der Waals surface area contributed by atoms with E-state index in [-0.39, 0.29) is 12.5 Å². The first kappa shape index (κ1) is 14.8. The maximum atomic E-state index is 11.1. The van der Waals surface area contributed by atoms with Crippen LogP contribution in [-0.4, -0.2) is 24.0 Å². The SMILES string of the molecule is CCCCN(CC(N)=O)c1ncc(N)c(C)c1Br. The molecule has 0 aliphatic rings. The number of halogens is 1. The van der Waals surface area contributed by atoms with Crippen molar-refractivity contribution in [2.45, 2.75) is 26.7 Å². The van der Waals surface area contributed by atoms with Gasteiger partial charge in [0.05, 0.1) is 22.9 Å². The second-order valence-corrected chi connectivity index (χ2v) is 5.01. The minimum absolute atomic E-state index is 0.162. The maximum absolute atomic E-state index is 11.1. The van der Waals surface area contributed by atoms with E-state index in [1.807, 2.05) is 11.8 Å². The number of nitrogen functional groups attached to an aromatic ring is 1. The molecule has 0 spiro atoms. The molecule has 18 heavy (non-hydrogen) atoms. The fourth-order valence-electron chi connectivity index (χ4n) is 1.60. The highest BCUT2D eigenvalue weighted by Crippen LogP contribution is 2.30. The Balaban J connectivity index is 3.04. The van der Waals surface area contributed by atoms with Gasteiger partial charge in [0.2, 0.25) is 5.91 Å². The number of carbonyl (C=O) groups is 1. The van der Waals surface area contributed by atoms with Gasteiger partial charge in [-0.15, -0.1) is 0 Å². The Hall–Kier alpha value is -1.30. The first-order valence-electron chi connectivity index (χ1n) is 5.91. The van der Waals surface area contributed by atoms with Gasteiger partial charge >= 0.3 is 0 Å². The summed E-state index contributed by atoms with van der Waals surface area (Å²) in [5.41, 5.74) is 12.6. The Kier molecular flexibility index (Phi) is 5.40. The quantitative estimate of drug-likeness (QED) is 0.838. The lowest BCUT2D eigenvalue weighted by atomic mass is 10.2. The zero-order valence-corrected chi connectivity index (χ0v) is 12.3. The van der Waals surface area contributed by atoms with Crippen LogP contribution in [0.5, 0.6) is 0 Å². The van der Waals surface area contributed by atoms with Crippen LogP contribution >= 0.6 is 15.9 Å². The molecule has 4 N–H and O–H groups in total. The molecule has 1 rings (SSSR count). The van der Waals surface area contributed by atoms with E-state index in [1.54, 1.807) is 6.20 Å². The lowest BCUT2D eigenvalue weighted by Crippen LogP contribution is -2.35. The normalized spacial score (nSPS) is 10.4. The molecular formula is C12H19BrN4O. The summed E-state index contributed by atoms with van der Waals surface area (Å²) >= 11 is 3.48. The van der Waals surface area contributed by atoms with E-state index in [0.717, 1.165) is 29.4 Å². The monoisotopic (exact) mass is 314 g/mol. The van der Waals surface area contributed by atoms with Gasteiger partial charge in [0, 0.05) is 6.54 Å². The summed E-state index contributed by atoms with van der Waals surface area (Å²) in [6.45, 7) is 4.91. The molecule has 1 amide bonds. The van der Waals surface area contributed by atoms with Crippen molar-refractivity contribution >= 4 is 33.3 Å². The number of anilines is 2. The van der Waals surface area contributed by atoms with Crippen molar-refractivity contribution in [1.82, 2.24) is 4.98 Å². The molecule has 0 radical (unpaired) electrons. The van der Waals surface area contributed by atoms with Crippen LogP contribution in [0.4, 0.5) is 11.5 Å². The van der Waals surface area contributed by atoms with Gasteiger partial charge in [0.15, 0.2) is 0 Å². The Labute approximate surface area is 116 Å². The molecule has 100 valence electrons. The number of nitrogens with two attached hydrogens (primary N) is 2. The van der Waals surface area contributed by atoms with E-state index >= 15 is 0 Å². The zero-order chi connectivity index (χ0) is 13.7. The van der Waals surface area contributed by atoms with Crippen LogP contribution in [0.15, 0.2) is 10.7 Å². The third kappa shape index (κ3) is 3.60. The minimum atomic E-state index is -0.366. The highest BCUT2D eigenvalue weighted by molar-refractivity contribution is 9.10. The van der Waals surface area contributed by atoms with Gasteiger partial charge in [-0.3, -0.25) is 4.79 Å². The van der Waals surface area contributed by atoms with Crippen LogP contribution in [0.2, 0.25) is 0 Å². The third-order valence-electron chi connectivity index (χ3n) is 2.71. The first-order valence-corrected chi connectivity index (χ1v) is 6.70. The average Bonchev–Trinajstić information content (AvgIpc) is 2.31. The van der Waals surface area contributed by atoms with Crippen molar-refractivity contribution in [2.24, 2.45) is 5.73 Å². The Morgan fingerprint density at radius 1 is 1.56 bits per heavy atom. The van der Waals surface area contributed by atoms with Gasteiger partial charge in [-0.25, -0.2) is 4.98 Å². The molecule has 0 fully saturated rings. The number of rotatable bonds is 6. The molecule has 0 saturated heterocycles. The number of amides is 1. The summed E-state index contributed by atoms with van der Waals surface area (Å²) in [7, 11) is 0. The topological polar surface area (TPSA) is 85.2 Å². The number of hydrogen-bond acceptors (Lipinski definition) is 4. The molecule has 0 aromatic carbocycles. The predicted molar refractivity (Wildman–Crippen MR) is 77.4 cm³/mol. The van der Waals surface area contributed by atoms with Crippen molar-refractivity contribution in [2.75, 3.05) is 23.7 Å². The first-order chi connectivity index (χ1) is 8.47. The van der Waals surface area contributed by atoms with E-state index < -0.39 is 0 Å². The van der Waals surface area contributed by atoms with Gasteiger partial charge in [-0.05, 0) is 34.8 Å². The fourth-order valence-corrected chi connectivity index (χ4v) is 2.18. The fraction of sp³-hybridized carbons (Fsp3) is 0.500. The number of carbonyl (C=O) groups excluding carboxylic acids is 1. The van der Waals surface area contributed by atoms with Crippen LogP contribution in [0, 0.1) is 6.92 Å². The molecule has 0 aliphatic carbocycles. The van der Waals surface area contributed by atoms with E-state index in [2.05, 4.69) is 27.8 Å². The highest BCUT2D eigenvalue weighted by atomic mass is 79.9. The third-order valence-corrected chi connectivity index (χ3v) is 3.66. The number of primary amides is 1. The van der Waals surface area contributed by atoms with Gasteiger partial charge in [-0.1, -0.05) is 13.3 Å². The van der Waals surface area contributed by atoms with Crippen molar-refractivity contribution in [1.29, 1.82) is 0 Å². The van der Waals surface area contributed by atoms with E-state index in [0.29, 0.717) is 11.5 Å². The molecule has 6 heteroatoms. The predicted octanol–water partition coefficient (Wildman–Crippen LogP) is 1.83. The number of aromatic nitrogens is 1. The number of hydrogen-bond donors (Lipinski definition) is 2. The molecule has 0 aliphatic heterocycles. The van der Waals surface area contributed by atoms with E-state index in [4.69, 9.17) is 11.5 Å². The Morgan fingerprint density at radius 3 is 2.78 bits per heavy atom. The smallest absolute Gasteiger partial charge is 0.236 e. The van der Waals surface area contributed by atoms with Crippen LogP contribution in [0.1, 0.15) is 25.3 Å². The Bertz CT molecular complexity index is 436. The van der Waals surface area contributed by atoms with Gasteiger partial charge < -0.3 is 16.4 Å². The summed E-state index contributed by atoms with van der Waals surface area (Å²) < 4.78 is 0.819. The molecule has 1 aromatic heterocycles. The highest BCUT2D eigenvalue weighted by Gasteiger charge is 2.16. The van der Waals surface area contributed by atoms with Gasteiger partial charge in [0.25, 0.3) is 0 Å². The number of unbranched alkanes of at least 4 members (excludes halogenated alkanes) is 1. The number of pyridine rings is 1. The summed E-state index contributed by atoms with van der Waals surface area (Å²) in [5.74, 6) is 0.350. The van der Waals surface area contributed by atoms with E-state index in [9.17, 15) is 4.79 Å². The van der Waals surface area contributed by atoms with Crippen LogP contribution in [0.3, 0.4) is 0 Å². The lowest BCUT2D eigenvalue weighted by molar-refractivity contribution is -0.116. The van der Waals surface area contributed by atoms with Crippen molar-refractivity contribution in [3.63, 3.8) is 0 Å². The zero-order valence-electron chi connectivity index (χ0n) is 10.7. The summed E-state index contributed by atoms with van der Waals surface area (Å²) in [5, 5.41) is 0. The minimum Gasteiger partial charge on any atom is -0.397 e. The summed E-state index contributed by atoms with van der Waals surface area (Å²) in [6.07, 6.45) is 3.63. The largest absolute Gasteiger partial charge is 0.397 e. The van der Waals surface area contributed by atoms with Crippen molar-refractivity contribution in [3.8, 4) is 0 Å². The summed E-state index contributed by atoms with van der Waals surface area (Å²) in [4.78, 5) is 17.3. The van der Waals surface area contributed by atoms with Crippen LogP contribution in [-0.2, 0) is 4.79 Å². The second-order valence-electron chi connectivity index (χ2n) is 4.22. The lowest BCUT2D eigenvalue weighted by Gasteiger charge is -2.24. The standard InChI is InChI=1S/C12H19BrN4O/c1-3-4-5-17(7-10(15)18)12-11(13)8(2)9(14)6-16-12/h6H,3-5,7,14H2,1-2H3,(H2,15,18).